The van der Waals surface area contributed by atoms with Crippen LogP contribution in [0.15, 0.2) is 24.4 Å². The van der Waals surface area contributed by atoms with Crippen LogP contribution in [0.4, 0.5) is 10.5 Å². The van der Waals surface area contributed by atoms with Gasteiger partial charge in [0, 0.05) is 28.8 Å². The van der Waals surface area contributed by atoms with Crippen molar-refractivity contribution in [3.63, 3.8) is 0 Å². The molecule has 0 bridgehead atoms. The van der Waals surface area contributed by atoms with Gasteiger partial charge in [0.1, 0.15) is 0 Å². The summed E-state index contributed by atoms with van der Waals surface area (Å²) in [4.78, 5) is 14.8. The van der Waals surface area contributed by atoms with Gasteiger partial charge in [-0.15, -0.1) is 0 Å². The highest BCUT2D eigenvalue weighted by Crippen LogP contribution is 2.38. The zero-order chi connectivity index (χ0) is 14.8. The molecule has 1 aromatic heterocycles. The average Bonchev–Trinajstić information content (AvgIpc) is 3.05. The van der Waals surface area contributed by atoms with Gasteiger partial charge >= 0.3 is 6.09 Å². The Morgan fingerprint density at radius 3 is 3.14 bits per heavy atom. The molecule has 2 aromatic rings. The number of anilines is 1. The minimum Gasteiger partial charge on any atom is -0.450 e. The van der Waals surface area contributed by atoms with Crippen molar-refractivity contribution in [2.24, 2.45) is 0 Å². The number of hydrogen-bond donors (Lipinski definition) is 3. The number of carbonyl (C=O) groups is 1. The Balaban J connectivity index is 1.73. The number of aromatic nitrogens is 1. The third-order valence-electron chi connectivity index (χ3n) is 4.21. The summed E-state index contributed by atoms with van der Waals surface area (Å²) in [6.07, 6.45) is 4.76. The lowest BCUT2D eigenvalue weighted by atomic mass is 9.97. The van der Waals surface area contributed by atoms with E-state index in [0.29, 0.717) is 12.5 Å². The summed E-state index contributed by atoms with van der Waals surface area (Å²) in [7, 11) is 0. The first-order valence-electron chi connectivity index (χ1n) is 7.47. The molecule has 1 aliphatic carbocycles. The molecule has 1 aliphatic rings. The van der Waals surface area contributed by atoms with Crippen molar-refractivity contribution < 1.29 is 9.53 Å². The summed E-state index contributed by atoms with van der Waals surface area (Å²) in [5, 5.41) is 4.13. The second-order valence-electron chi connectivity index (χ2n) is 5.62. The summed E-state index contributed by atoms with van der Waals surface area (Å²) in [6.45, 7) is 2.22. The molecule has 21 heavy (non-hydrogen) atoms. The van der Waals surface area contributed by atoms with Crippen molar-refractivity contribution in [2.45, 2.75) is 38.1 Å². The molecule has 1 amide bonds. The molecule has 0 aliphatic heterocycles. The highest BCUT2D eigenvalue weighted by atomic mass is 16.5. The Labute approximate surface area is 123 Å². The van der Waals surface area contributed by atoms with E-state index in [1.54, 1.807) is 0 Å². The van der Waals surface area contributed by atoms with Gasteiger partial charge in [-0.25, -0.2) is 4.79 Å². The van der Waals surface area contributed by atoms with E-state index in [1.165, 1.54) is 10.9 Å². The fourth-order valence-corrected chi connectivity index (χ4v) is 3.23. The number of carbonyl (C=O) groups excluding carboxylic acids is 1. The number of benzene rings is 1. The van der Waals surface area contributed by atoms with Gasteiger partial charge in [-0.1, -0.05) is 0 Å². The Kier molecular flexibility index (Phi) is 3.73. The van der Waals surface area contributed by atoms with Crippen molar-refractivity contribution in [3.8, 4) is 0 Å². The molecule has 5 nitrogen and oxygen atoms in total. The third kappa shape index (κ3) is 2.82. The number of H-pyrrole nitrogens is 1. The topological polar surface area (TPSA) is 80.1 Å². The normalized spacial score (nSPS) is 21.6. The lowest BCUT2D eigenvalue weighted by molar-refractivity contribution is 0.148. The molecule has 3 rings (SSSR count). The molecule has 1 saturated carbocycles. The van der Waals surface area contributed by atoms with Crippen LogP contribution in [0.3, 0.4) is 0 Å². The molecule has 1 aromatic carbocycles. The fourth-order valence-electron chi connectivity index (χ4n) is 3.23. The Hall–Kier alpha value is -2.17. The average molecular weight is 287 g/mol. The van der Waals surface area contributed by atoms with Gasteiger partial charge in [-0.3, -0.25) is 0 Å². The Morgan fingerprint density at radius 2 is 2.33 bits per heavy atom. The van der Waals surface area contributed by atoms with Crippen LogP contribution in [0.1, 0.15) is 37.7 Å². The SMILES string of the molecule is CCOC(=O)NC1CCC(c2c[nH]c3ccc(N)cc23)C1. The van der Waals surface area contributed by atoms with E-state index in [2.05, 4.69) is 16.5 Å². The number of nitrogen functional groups attached to an aromatic ring is 1. The second-order valence-corrected chi connectivity index (χ2v) is 5.62. The molecule has 0 radical (unpaired) electrons. The first kappa shape index (κ1) is 13.8. The molecule has 5 heteroatoms. The van der Waals surface area contributed by atoms with E-state index in [1.807, 2.05) is 25.1 Å². The smallest absolute Gasteiger partial charge is 0.407 e. The van der Waals surface area contributed by atoms with Crippen LogP contribution in [0.25, 0.3) is 10.9 Å². The summed E-state index contributed by atoms with van der Waals surface area (Å²) < 4.78 is 4.94. The number of nitrogens with one attached hydrogen (secondary N) is 2. The molecule has 4 N–H and O–H groups in total. The molecule has 0 saturated heterocycles. The summed E-state index contributed by atoms with van der Waals surface area (Å²) in [5.74, 6) is 0.451. The van der Waals surface area contributed by atoms with Crippen LogP contribution >= 0.6 is 0 Å². The maximum atomic E-state index is 11.5. The lowest BCUT2D eigenvalue weighted by Crippen LogP contribution is -2.33. The first-order valence-corrected chi connectivity index (χ1v) is 7.47. The minimum atomic E-state index is -0.314. The maximum Gasteiger partial charge on any atom is 0.407 e. The highest BCUT2D eigenvalue weighted by Gasteiger charge is 2.28. The number of amides is 1. The first-order chi connectivity index (χ1) is 10.2. The second kappa shape index (κ2) is 5.68. The Bertz CT molecular complexity index is 650. The fraction of sp³-hybridized carbons (Fsp3) is 0.438. The Morgan fingerprint density at radius 1 is 1.48 bits per heavy atom. The number of ether oxygens (including phenoxy) is 1. The summed E-state index contributed by atoms with van der Waals surface area (Å²) in [6, 6.07) is 6.13. The van der Waals surface area contributed by atoms with Crippen molar-refractivity contribution in [2.75, 3.05) is 12.3 Å². The number of hydrogen-bond acceptors (Lipinski definition) is 3. The molecular formula is C16H21N3O2. The standard InChI is InChI=1S/C16H21N3O2/c1-2-21-16(20)19-12-5-3-10(7-12)14-9-18-15-6-4-11(17)8-13(14)15/h4,6,8-10,12,18H,2-3,5,7,17H2,1H3,(H,19,20). The van der Waals surface area contributed by atoms with Gasteiger partial charge in [-0.05, 0) is 55.9 Å². The molecule has 2 unspecified atom stereocenters. The van der Waals surface area contributed by atoms with Crippen LogP contribution < -0.4 is 11.1 Å². The summed E-state index contributed by atoms with van der Waals surface area (Å²) >= 11 is 0. The zero-order valence-corrected chi connectivity index (χ0v) is 12.2. The van der Waals surface area contributed by atoms with E-state index in [0.717, 1.165) is 30.5 Å². The van der Waals surface area contributed by atoms with Gasteiger partial charge in [0.25, 0.3) is 0 Å². The molecule has 0 spiro atoms. The van der Waals surface area contributed by atoms with Gasteiger partial charge in [-0.2, -0.15) is 0 Å². The number of nitrogens with two attached hydrogens (primary N) is 1. The van der Waals surface area contributed by atoms with Crippen LogP contribution in [0, 0.1) is 0 Å². The largest absolute Gasteiger partial charge is 0.450 e. The van der Waals surface area contributed by atoms with Crippen LogP contribution in [-0.2, 0) is 4.74 Å². The quantitative estimate of drug-likeness (QED) is 0.759. The number of rotatable bonds is 3. The highest BCUT2D eigenvalue weighted by molar-refractivity contribution is 5.86. The van der Waals surface area contributed by atoms with Gasteiger partial charge < -0.3 is 20.8 Å². The predicted octanol–water partition coefficient (Wildman–Crippen LogP) is 3.13. The summed E-state index contributed by atoms with van der Waals surface area (Å²) in [5.41, 5.74) is 9.08. The van der Waals surface area contributed by atoms with Gasteiger partial charge in [0.15, 0.2) is 0 Å². The van der Waals surface area contributed by atoms with E-state index < -0.39 is 0 Å². The lowest BCUT2D eigenvalue weighted by Gasteiger charge is -2.13. The van der Waals surface area contributed by atoms with Crippen molar-refractivity contribution in [1.82, 2.24) is 10.3 Å². The van der Waals surface area contributed by atoms with Crippen LogP contribution in [0.2, 0.25) is 0 Å². The number of fused-ring (bicyclic) bond motifs is 1. The third-order valence-corrected chi connectivity index (χ3v) is 4.21. The maximum absolute atomic E-state index is 11.5. The zero-order valence-electron chi connectivity index (χ0n) is 12.2. The predicted molar refractivity (Wildman–Crippen MR) is 83.2 cm³/mol. The van der Waals surface area contributed by atoms with Crippen molar-refractivity contribution >= 4 is 22.7 Å². The van der Waals surface area contributed by atoms with Gasteiger partial charge in [0.2, 0.25) is 0 Å². The van der Waals surface area contributed by atoms with E-state index in [-0.39, 0.29) is 12.1 Å². The van der Waals surface area contributed by atoms with E-state index >= 15 is 0 Å². The van der Waals surface area contributed by atoms with Crippen molar-refractivity contribution in [3.05, 3.63) is 30.0 Å². The van der Waals surface area contributed by atoms with E-state index in [9.17, 15) is 4.79 Å². The molecule has 1 heterocycles. The number of alkyl carbamates (subject to hydrolysis) is 1. The van der Waals surface area contributed by atoms with Crippen molar-refractivity contribution in [1.29, 1.82) is 0 Å². The van der Waals surface area contributed by atoms with Gasteiger partial charge in [0.05, 0.1) is 6.61 Å². The molecule has 112 valence electrons. The minimum absolute atomic E-state index is 0.194. The van der Waals surface area contributed by atoms with E-state index in [4.69, 9.17) is 10.5 Å². The van der Waals surface area contributed by atoms with Crippen LogP contribution in [-0.4, -0.2) is 23.7 Å². The number of aromatic amines is 1. The van der Waals surface area contributed by atoms with Crippen LogP contribution in [0.5, 0.6) is 0 Å². The molecule has 2 atom stereocenters. The molecule has 1 fully saturated rings. The molecular weight excluding hydrogens is 266 g/mol. The monoisotopic (exact) mass is 287 g/mol.